The Morgan fingerprint density at radius 3 is 1.52 bits per heavy atom. The minimum absolute atomic E-state index is 0.255. The van der Waals surface area contributed by atoms with Crippen LogP contribution in [0.15, 0.2) is 78.9 Å². The Hall–Kier alpha value is -2.48. The lowest BCUT2D eigenvalue weighted by Crippen LogP contribution is -2.26. The first-order valence-corrected chi connectivity index (χ1v) is 7.64. The Balaban J connectivity index is 2.08. The van der Waals surface area contributed by atoms with Crippen molar-refractivity contribution in [1.82, 2.24) is 0 Å². The van der Waals surface area contributed by atoms with Gasteiger partial charge in [-0.25, -0.2) is 8.78 Å². The molecule has 0 aliphatic rings. The van der Waals surface area contributed by atoms with Crippen LogP contribution in [0.1, 0.15) is 23.6 Å². The first kappa shape index (κ1) is 15.4. The summed E-state index contributed by atoms with van der Waals surface area (Å²) in [7, 11) is 0. The van der Waals surface area contributed by atoms with Gasteiger partial charge in [0.05, 0.1) is 0 Å². The van der Waals surface area contributed by atoms with Crippen molar-refractivity contribution in [2.24, 2.45) is 0 Å². The van der Waals surface area contributed by atoms with Crippen molar-refractivity contribution in [2.75, 3.05) is 0 Å². The predicted molar refractivity (Wildman–Crippen MR) is 89.4 cm³/mol. The van der Waals surface area contributed by atoms with Gasteiger partial charge in [0.15, 0.2) is 0 Å². The summed E-state index contributed by atoms with van der Waals surface area (Å²) in [6, 6.07) is 23.3. The maximum absolute atomic E-state index is 13.3. The van der Waals surface area contributed by atoms with Gasteiger partial charge in [-0.1, -0.05) is 61.5 Å². The van der Waals surface area contributed by atoms with Gasteiger partial charge in [0.1, 0.15) is 11.6 Å². The first-order valence-electron chi connectivity index (χ1n) is 7.64. The molecule has 0 heterocycles. The van der Waals surface area contributed by atoms with Gasteiger partial charge < -0.3 is 0 Å². The van der Waals surface area contributed by atoms with Crippen molar-refractivity contribution >= 4 is 0 Å². The van der Waals surface area contributed by atoms with E-state index in [2.05, 4.69) is 19.1 Å². The molecule has 0 amide bonds. The highest BCUT2D eigenvalue weighted by molar-refractivity contribution is 5.41. The lowest BCUT2D eigenvalue weighted by Gasteiger charge is -2.31. The average Bonchev–Trinajstić information content (AvgIpc) is 2.57. The molecule has 0 bridgehead atoms. The number of benzene rings is 3. The highest BCUT2D eigenvalue weighted by Gasteiger charge is 2.29. The molecule has 0 saturated carbocycles. The number of rotatable bonds is 4. The molecule has 0 fully saturated rings. The third kappa shape index (κ3) is 3.31. The lowest BCUT2D eigenvalue weighted by molar-refractivity contribution is 0.559. The Labute approximate surface area is 135 Å². The van der Waals surface area contributed by atoms with Crippen molar-refractivity contribution in [3.05, 3.63) is 107 Å². The van der Waals surface area contributed by atoms with Crippen LogP contribution in [0.25, 0.3) is 0 Å². The van der Waals surface area contributed by atoms with Gasteiger partial charge in [0.2, 0.25) is 0 Å². The molecule has 0 atom stereocenters. The second-order valence-corrected chi connectivity index (χ2v) is 6.01. The minimum Gasteiger partial charge on any atom is -0.207 e. The van der Waals surface area contributed by atoms with Crippen LogP contribution in [0, 0.1) is 11.6 Å². The van der Waals surface area contributed by atoms with Crippen LogP contribution in [-0.2, 0) is 11.8 Å². The molecule has 0 nitrogen and oxygen atoms in total. The summed E-state index contributed by atoms with van der Waals surface area (Å²) < 4.78 is 26.6. The van der Waals surface area contributed by atoms with E-state index in [4.69, 9.17) is 0 Å². The molecule has 0 N–H and O–H groups in total. The standard InChI is InChI=1S/C21H18F2/c1-21(15-16-5-3-2-4-6-16,17-7-11-19(22)12-8-17)18-9-13-20(23)14-10-18/h2-14H,15H2,1H3. The summed E-state index contributed by atoms with van der Waals surface area (Å²) in [6.07, 6.45) is 0.755. The normalized spacial score (nSPS) is 11.4. The van der Waals surface area contributed by atoms with E-state index in [0.29, 0.717) is 0 Å². The van der Waals surface area contributed by atoms with E-state index >= 15 is 0 Å². The molecule has 2 heteroatoms. The van der Waals surface area contributed by atoms with Crippen LogP contribution in [0.2, 0.25) is 0 Å². The van der Waals surface area contributed by atoms with Crippen molar-refractivity contribution in [3.63, 3.8) is 0 Å². The SMILES string of the molecule is CC(Cc1ccccc1)(c1ccc(F)cc1)c1ccc(F)cc1. The van der Waals surface area contributed by atoms with Gasteiger partial charge in [0, 0.05) is 5.41 Å². The Bertz CT molecular complexity index is 714. The number of hydrogen-bond acceptors (Lipinski definition) is 0. The van der Waals surface area contributed by atoms with Crippen LogP contribution in [-0.4, -0.2) is 0 Å². The van der Waals surface area contributed by atoms with E-state index in [-0.39, 0.29) is 17.0 Å². The van der Waals surface area contributed by atoms with Crippen LogP contribution in [0.5, 0.6) is 0 Å². The fourth-order valence-electron chi connectivity index (χ4n) is 3.01. The monoisotopic (exact) mass is 308 g/mol. The summed E-state index contributed by atoms with van der Waals surface area (Å²) >= 11 is 0. The van der Waals surface area contributed by atoms with E-state index < -0.39 is 0 Å². The van der Waals surface area contributed by atoms with Gasteiger partial charge in [-0.05, 0) is 47.4 Å². The molecule has 3 aromatic carbocycles. The largest absolute Gasteiger partial charge is 0.207 e. The molecule has 0 aliphatic heterocycles. The van der Waals surface area contributed by atoms with Crippen molar-refractivity contribution in [1.29, 1.82) is 0 Å². The highest BCUT2D eigenvalue weighted by atomic mass is 19.1. The highest BCUT2D eigenvalue weighted by Crippen LogP contribution is 2.35. The van der Waals surface area contributed by atoms with Gasteiger partial charge in [-0.2, -0.15) is 0 Å². The molecule has 0 aromatic heterocycles. The van der Waals surface area contributed by atoms with Crippen LogP contribution < -0.4 is 0 Å². The molecule has 23 heavy (non-hydrogen) atoms. The van der Waals surface area contributed by atoms with Gasteiger partial charge >= 0.3 is 0 Å². The van der Waals surface area contributed by atoms with Crippen molar-refractivity contribution < 1.29 is 8.78 Å². The van der Waals surface area contributed by atoms with Gasteiger partial charge in [-0.3, -0.25) is 0 Å². The summed E-state index contributed by atoms with van der Waals surface area (Å²) in [4.78, 5) is 0. The zero-order valence-corrected chi connectivity index (χ0v) is 13.0. The zero-order chi connectivity index (χ0) is 16.3. The molecule has 0 radical (unpaired) electrons. The second-order valence-electron chi connectivity index (χ2n) is 6.01. The second kappa shape index (κ2) is 6.33. The molecule has 3 rings (SSSR count). The third-order valence-corrected chi connectivity index (χ3v) is 4.36. The number of hydrogen-bond donors (Lipinski definition) is 0. The lowest BCUT2D eigenvalue weighted by atomic mass is 9.72. The molecule has 0 aliphatic carbocycles. The molecular formula is C21H18F2. The third-order valence-electron chi connectivity index (χ3n) is 4.36. The van der Waals surface area contributed by atoms with E-state index in [9.17, 15) is 8.78 Å². The molecule has 0 unspecified atom stereocenters. The number of halogens is 2. The smallest absolute Gasteiger partial charge is 0.123 e. The summed E-state index contributed by atoms with van der Waals surface area (Å²) in [5, 5.41) is 0. The van der Waals surface area contributed by atoms with Crippen LogP contribution in [0.3, 0.4) is 0 Å². The molecule has 0 saturated heterocycles. The Kier molecular flexibility index (Phi) is 4.24. The Morgan fingerprint density at radius 1 is 0.652 bits per heavy atom. The van der Waals surface area contributed by atoms with E-state index in [1.54, 1.807) is 0 Å². The minimum atomic E-state index is -0.358. The maximum Gasteiger partial charge on any atom is 0.123 e. The van der Waals surface area contributed by atoms with Crippen LogP contribution in [0.4, 0.5) is 8.78 Å². The fraction of sp³-hybridized carbons (Fsp3) is 0.143. The zero-order valence-electron chi connectivity index (χ0n) is 13.0. The first-order chi connectivity index (χ1) is 11.1. The Morgan fingerprint density at radius 2 is 1.09 bits per heavy atom. The van der Waals surface area contributed by atoms with Gasteiger partial charge in [0.25, 0.3) is 0 Å². The summed E-state index contributed by atoms with van der Waals surface area (Å²) in [5.74, 6) is -0.509. The summed E-state index contributed by atoms with van der Waals surface area (Å²) in [5.41, 5.74) is 2.84. The van der Waals surface area contributed by atoms with E-state index in [0.717, 1.165) is 17.5 Å². The molecule has 116 valence electrons. The molecular weight excluding hydrogens is 290 g/mol. The van der Waals surface area contributed by atoms with Crippen molar-refractivity contribution in [2.45, 2.75) is 18.8 Å². The van der Waals surface area contributed by atoms with Gasteiger partial charge in [-0.15, -0.1) is 0 Å². The molecule has 0 spiro atoms. The quantitative estimate of drug-likeness (QED) is 0.596. The molecule has 3 aromatic rings. The summed E-state index contributed by atoms with van der Waals surface area (Å²) in [6.45, 7) is 2.11. The topological polar surface area (TPSA) is 0 Å². The predicted octanol–water partition coefficient (Wildman–Crippen LogP) is 5.51. The average molecular weight is 308 g/mol. The van der Waals surface area contributed by atoms with Crippen LogP contribution >= 0.6 is 0 Å². The van der Waals surface area contributed by atoms with E-state index in [1.807, 2.05) is 42.5 Å². The van der Waals surface area contributed by atoms with Crippen molar-refractivity contribution in [3.8, 4) is 0 Å². The maximum atomic E-state index is 13.3. The van der Waals surface area contributed by atoms with E-state index in [1.165, 1.54) is 29.8 Å². The fourth-order valence-corrected chi connectivity index (χ4v) is 3.01.